The maximum atomic E-state index is 11.2. The van der Waals surface area contributed by atoms with Crippen LogP contribution in [0.5, 0.6) is 0 Å². The topological polar surface area (TPSA) is 49.3 Å². The first kappa shape index (κ1) is 12.3. The van der Waals surface area contributed by atoms with Gasteiger partial charge in [-0.15, -0.1) is 0 Å². The van der Waals surface area contributed by atoms with E-state index in [-0.39, 0.29) is 6.61 Å². The summed E-state index contributed by atoms with van der Waals surface area (Å²) in [5.41, 5.74) is 0.808. The number of carbonyl (C=O) groups is 1. The standard InChI is InChI=1S/C10H11Cl2NO2/c11-9(12)10(15)13-8(6-14)7-4-2-1-3-5-7/h1-5,8-9,14H,6H2,(H,13,15)/t8-/m1/s1. The van der Waals surface area contributed by atoms with Crippen LogP contribution >= 0.6 is 23.2 Å². The SMILES string of the molecule is O=C(N[C@H](CO)c1ccccc1)C(Cl)Cl. The summed E-state index contributed by atoms with van der Waals surface area (Å²) in [4.78, 5) is 10.1. The maximum absolute atomic E-state index is 11.2. The molecule has 0 saturated heterocycles. The van der Waals surface area contributed by atoms with Crippen LogP contribution in [0.2, 0.25) is 0 Å². The first-order valence-corrected chi connectivity index (χ1v) is 5.26. The van der Waals surface area contributed by atoms with Gasteiger partial charge in [-0.05, 0) is 5.56 Å². The Morgan fingerprint density at radius 1 is 1.33 bits per heavy atom. The summed E-state index contributed by atoms with van der Waals surface area (Å²) in [6, 6.07) is 8.63. The molecule has 0 spiro atoms. The fraction of sp³-hybridized carbons (Fsp3) is 0.300. The van der Waals surface area contributed by atoms with Crippen molar-refractivity contribution < 1.29 is 9.90 Å². The third-order valence-corrected chi connectivity index (χ3v) is 2.30. The molecule has 0 aliphatic heterocycles. The fourth-order valence-corrected chi connectivity index (χ4v) is 1.28. The molecule has 1 aromatic carbocycles. The van der Waals surface area contributed by atoms with Crippen LogP contribution in [0.15, 0.2) is 30.3 Å². The van der Waals surface area contributed by atoms with Gasteiger partial charge in [0.15, 0.2) is 4.84 Å². The van der Waals surface area contributed by atoms with Crippen molar-refractivity contribution in [2.45, 2.75) is 10.9 Å². The summed E-state index contributed by atoms with van der Waals surface area (Å²) >= 11 is 10.8. The molecule has 1 aromatic rings. The molecule has 0 aliphatic carbocycles. The van der Waals surface area contributed by atoms with Crippen molar-refractivity contribution in [1.82, 2.24) is 5.32 Å². The Bertz CT molecular complexity index is 316. The Morgan fingerprint density at radius 3 is 2.40 bits per heavy atom. The summed E-state index contributed by atoms with van der Waals surface area (Å²) in [6.07, 6.45) is 0. The number of rotatable bonds is 4. The minimum atomic E-state index is -1.12. The molecule has 0 saturated carbocycles. The number of aliphatic hydroxyl groups is 1. The summed E-state index contributed by atoms with van der Waals surface area (Å²) in [6.45, 7) is -0.198. The van der Waals surface area contributed by atoms with Crippen LogP contribution in [0.3, 0.4) is 0 Å². The normalized spacial score (nSPS) is 12.5. The van der Waals surface area contributed by atoms with E-state index in [1.807, 2.05) is 18.2 Å². The molecule has 2 N–H and O–H groups in total. The number of benzene rings is 1. The van der Waals surface area contributed by atoms with Gasteiger partial charge in [-0.3, -0.25) is 4.79 Å². The molecule has 1 atom stereocenters. The van der Waals surface area contributed by atoms with Crippen LogP contribution in [0.1, 0.15) is 11.6 Å². The molecule has 0 fully saturated rings. The lowest BCUT2D eigenvalue weighted by molar-refractivity contribution is -0.120. The predicted octanol–water partition coefficient (Wildman–Crippen LogP) is 1.64. The second-order valence-electron chi connectivity index (χ2n) is 2.96. The van der Waals surface area contributed by atoms with E-state index >= 15 is 0 Å². The van der Waals surface area contributed by atoms with Gasteiger partial charge in [-0.25, -0.2) is 0 Å². The van der Waals surface area contributed by atoms with Crippen molar-refractivity contribution in [2.75, 3.05) is 6.61 Å². The molecule has 1 rings (SSSR count). The summed E-state index contributed by atoms with van der Waals surface area (Å²) in [7, 11) is 0. The molecule has 1 amide bonds. The summed E-state index contributed by atoms with van der Waals surface area (Å²) in [5, 5.41) is 11.6. The van der Waals surface area contributed by atoms with E-state index in [9.17, 15) is 4.79 Å². The number of nitrogens with one attached hydrogen (secondary N) is 1. The fourth-order valence-electron chi connectivity index (χ4n) is 1.15. The number of carbonyl (C=O) groups excluding carboxylic acids is 1. The second kappa shape index (κ2) is 5.95. The van der Waals surface area contributed by atoms with Gasteiger partial charge in [0, 0.05) is 0 Å². The van der Waals surface area contributed by atoms with Crippen molar-refractivity contribution >= 4 is 29.1 Å². The van der Waals surface area contributed by atoms with E-state index < -0.39 is 16.8 Å². The van der Waals surface area contributed by atoms with Crippen LogP contribution in [0.4, 0.5) is 0 Å². The average molecular weight is 248 g/mol. The van der Waals surface area contributed by atoms with Crippen molar-refractivity contribution in [3.8, 4) is 0 Å². The van der Waals surface area contributed by atoms with Gasteiger partial charge in [0.2, 0.25) is 0 Å². The van der Waals surface area contributed by atoms with Crippen LogP contribution in [-0.4, -0.2) is 22.5 Å². The highest BCUT2D eigenvalue weighted by atomic mass is 35.5. The second-order valence-corrected chi connectivity index (χ2v) is 4.05. The van der Waals surface area contributed by atoms with Crippen molar-refractivity contribution in [3.05, 3.63) is 35.9 Å². The lowest BCUT2D eigenvalue weighted by Gasteiger charge is -2.16. The van der Waals surface area contributed by atoms with Crippen molar-refractivity contribution in [1.29, 1.82) is 0 Å². The van der Waals surface area contributed by atoms with E-state index in [0.717, 1.165) is 5.56 Å². The third kappa shape index (κ3) is 3.70. The Labute approximate surface area is 98.0 Å². The Morgan fingerprint density at radius 2 is 1.93 bits per heavy atom. The van der Waals surface area contributed by atoms with Crippen LogP contribution in [0, 0.1) is 0 Å². The zero-order valence-corrected chi connectivity index (χ0v) is 9.37. The number of hydrogen-bond acceptors (Lipinski definition) is 2. The molecule has 82 valence electrons. The largest absolute Gasteiger partial charge is 0.394 e. The molecule has 5 heteroatoms. The van der Waals surface area contributed by atoms with E-state index in [0.29, 0.717) is 0 Å². The Balaban J connectivity index is 2.69. The quantitative estimate of drug-likeness (QED) is 0.796. The lowest BCUT2D eigenvalue weighted by atomic mass is 10.1. The van der Waals surface area contributed by atoms with Gasteiger partial charge in [0.1, 0.15) is 0 Å². The van der Waals surface area contributed by atoms with Gasteiger partial charge >= 0.3 is 0 Å². The highest BCUT2D eigenvalue weighted by Crippen LogP contribution is 2.13. The zero-order chi connectivity index (χ0) is 11.3. The smallest absolute Gasteiger partial charge is 0.253 e. The zero-order valence-electron chi connectivity index (χ0n) is 7.86. The van der Waals surface area contributed by atoms with E-state index in [1.54, 1.807) is 12.1 Å². The number of amides is 1. The molecule has 0 radical (unpaired) electrons. The summed E-state index contributed by atoms with van der Waals surface area (Å²) in [5.74, 6) is -0.513. The third-order valence-electron chi connectivity index (χ3n) is 1.90. The number of alkyl halides is 2. The molecular formula is C10H11Cl2NO2. The first-order chi connectivity index (χ1) is 7.15. The van der Waals surface area contributed by atoms with Gasteiger partial charge in [0.05, 0.1) is 12.6 Å². The van der Waals surface area contributed by atoms with E-state index in [1.165, 1.54) is 0 Å². The summed E-state index contributed by atoms with van der Waals surface area (Å²) < 4.78 is 0. The number of halogens is 2. The molecular weight excluding hydrogens is 237 g/mol. The van der Waals surface area contributed by atoms with Crippen molar-refractivity contribution in [2.24, 2.45) is 0 Å². The van der Waals surface area contributed by atoms with Crippen molar-refractivity contribution in [3.63, 3.8) is 0 Å². The van der Waals surface area contributed by atoms with Gasteiger partial charge in [-0.2, -0.15) is 0 Å². The lowest BCUT2D eigenvalue weighted by Crippen LogP contribution is -2.34. The average Bonchev–Trinajstić information content (AvgIpc) is 2.26. The van der Waals surface area contributed by atoms with E-state index in [2.05, 4.69) is 5.32 Å². The van der Waals surface area contributed by atoms with Crippen LogP contribution in [0.25, 0.3) is 0 Å². The molecule has 0 aromatic heterocycles. The Hall–Kier alpha value is -0.770. The first-order valence-electron chi connectivity index (χ1n) is 4.39. The predicted molar refractivity (Wildman–Crippen MR) is 59.9 cm³/mol. The number of aliphatic hydroxyl groups excluding tert-OH is 1. The Kier molecular flexibility index (Phi) is 4.88. The molecule has 0 bridgehead atoms. The van der Waals surface area contributed by atoms with Crippen LogP contribution < -0.4 is 5.32 Å². The van der Waals surface area contributed by atoms with Gasteiger partial charge < -0.3 is 10.4 Å². The van der Waals surface area contributed by atoms with Gasteiger partial charge in [0.25, 0.3) is 5.91 Å². The monoisotopic (exact) mass is 247 g/mol. The highest BCUT2D eigenvalue weighted by Gasteiger charge is 2.17. The van der Waals surface area contributed by atoms with Gasteiger partial charge in [-0.1, -0.05) is 53.5 Å². The molecule has 0 unspecified atom stereocenters. The highest BCUT2D eigenvalue weighted by molar-refractivity contribution is 6.53. The maximum Gasteiger partial charge on any atom is 0.253 e. The minimum absolute atomic E-state index is 0.198. The van der Waals surface area contributed by atoms with E-state index in [4.69, 9.17) is 28.3 Å². The molecule has 15 heavy (non-hydrogen) atoms. The number of hydrogen-bond donors (Lipinski definition) is 2. The molecule has 0 heterocycles. The molecule has 0 aliphatic rings. The minimum Gasteiger partial charge on any atom is -0.394 e. The van der Waals surface area contributed by atoms with Crippen LogP contribution in [-0.2, 0) is 4.79 Å². The molecule has 3 nitrogen and oxygen atoms in total.